The molecule has 21 heavy (non-hydrogen) atoms. The molecule has 116 valence electrons. The second kappa shape index (κ2) is 6.94. The van der Waals surface area contributed by atoms with Crippen LogP contribution in [0.1, 0.15) is 10.4 Å². The predicted octanol–water partition coefficient (Wildman–Crippen LogP) is 1.84. The number of hydrogen-bond acceptors (Lipinski definition) is 4. The van der Waals surface area contributed by atoms with Crippen LogP contribution in [0.2, 0.25) is 10.0 Å². The quantitative estimate of drug-likeness (QED) is 0.916. The Balaban J connectivity index is 2.18. The summed E-state index contributed by atoms with van der Waals surface area (Å²) in [5.74, 6) is -0.305. The number of nitrogens with zero attached hydrogens (tertiary/aromatic N) is 1. The first kappa shape index (κ1) is 16.5. The maximum atomic E-state index is 12.5. The number of halogens is 2. The molecule has 1 aromatic rings. The van der Waals surface area contributed by atoms with Crippen LogP contribution in [0.4, 0.5) is 0 Å². The number of hydrogen-bond donors (Lipinski definition) is 1. The van der Waals surface area contributed by atoms with Gasteiger partial charge in [-0.2, -0.15) is 0 Å². The van der Waals surface area contributed by atoms with Crippen molar-refractivity contribution >= 4 is 29.1 Å². The first-order valence-electron chi connectivity index (χ1n) is 6.46. The lowest BCUT2D eigenvalue weighted by Crippen LogP contribution is -2.56. The third kappa shape index (κ3) is 3.49. The number of carbonyl (C=O) groups excluding carboxylic acids is 1. The summed E-state index contributed by atoms with van der Waals surface area (Å²) < 4.78 is 10.5. The number of methoxy groups -OCH3 is 1. The monoisotopic (exact) mass is 333 g/mol. The van der Waals surface area contributed by atoms with E-state index in [0.717, 1.165) is 0 Å². The van der Waals surface area contributed by atoms with Crippen LogP contribution in [-0.2, 0) is 9.47 Å². The van der Waals surface area contributed by atoms with Gasteiger partial charge in [-0.3, -0.25) is 4.79 Å². The second-order valence-corrected chi connectivity index (χ2v) is 5.75. The molecule has 1 heterocycles. The average molecular weight is 334 g/mol. The van der Waals surface area contributed by atoms with Gasteiger partial charge in [0.25, 0.3) is 5.91 Å². The third-order valence-corrected chi connectivity index (χ3v) is 4.18. The minimum atomic E-state index is -0.816. The summed E-state index contributed by atoms with van der Waals surface area (Å²) in [5.41, 5.74) is 0.329. The lowest BCUT2D eigenvalue weighted by Gasteiger charge is -2.38. The number of benzene rings is 1. The molecule has 0 saturated carbocycles. The van der Waals surface area contributed by atoms with Crippen LogP contribution >= 0.6 is 23.2 Å². The first-order valence-corrected chi connectivity index (χ1v) is 7.22. The van der Waals surface area contributed by atoms with E-state index in [-0.39, 0.29) is 17.5 Å². The molecule has 0 aromatic heterocycles. The molecule has 1 aliphatic heterocycles. The van der Waals surface area contributed by atoms with Crippen LogP contribution in [0.15, 0.2) is 18.2 Å². The molecular weight excluding hydrogens is 317 g/mol. The van der Waals surface area contributed by atoms with E-state index in [2.05, 4.69) is 0 Å². The fourth-order valence-corrected chi connectivity index (χ4v) is 2.79. The zero-order valence-corrected chi connectivity index (χ0v) is 13.3. The van der Waals surface area contributed by atoms with Crippen LogP contribution in [0, 0.1) is 0 Å². The molecule has 1 aromatic carbocycles. The molecule has 1 N–H and O–H groups in total. The Morgan fingerprint density at radius 2 is 2.14 bits per heavy atom. The molecule has 1 aliphatic rings. The summed E-state index contributed by atoms with van der Waals surface area (Å²) in [4.78, 5) is 13.9. The Morgan fingerprint density at radius 1 is 1.43 bits per heavy atom. The van der Waals surface area contributed by atoms with Gasteiger partial charge in [-0.15, -0.1) is 0 Å². The molecule has 0 radical (unpaired) electrons. The van der Waals surface area contributed by atoms with Crippen molar-refractivity contribution in [1.29, 1.82) is 0 Å². The molecule has 2 rings (SSSR count). The van der Waals surface area contributed by atoms with Gasteiger partial charge in [0.1, 0.15) is 12.2 Å². The van der Waals surface area contributed by atoms with Crippen molar-refractivity contribution < 1.29 is 19.4 Å². The molecule has 1 saturated heterocycles. The molecule has 0 unspecified atom stereocenters. The van der Waals surface area contributed by atoms with Gasteiger partial charge >= 0.3 is 0 Å². The fourth-order valence-electron chi connectivity index (χ4n) is 2.30. The number of aliphatic hydroxyl groups excluding tert-OH is 1. The number of amides is 1. The molecule has 0 spiro atoms. The molecule has 0 bridgehead atoms. The fraction of sp³-hybridized carbons (Fsp3) is 0.500. The van der Waals surface area contributed by atoms with Crippen molar-refractivity contribution in [3.63, 3.8) is 0 Å². The maximum absolute atomic E-state index is 12.5. The van der Waals surface area contributed by atoms with Crippen LogP contribution in [0.3, 0.4) is 0 Å². The van der Waals surface area contributed by atoms with E-state index in [1.165, 1.54) is 18.1 Å². The van der Waals surface area contributed by atoms with E-state index in [0.29, 0.717) is 17.2 Å². The Kier molecular flexibility index (Phi) is 5.46. The van der Waals surface area contributed by atoms with Crippen molar-refractivity contribution in [3.8, 4) is 0 Å². The highest BCUT2D eigenvalue weighted by Gasteiger charge is 2.37. The Bertz CT molecular complexity index is 526. The highest BCUT2D eigenvalue weighted by molar-refractivity contribution is 6.36. The van der Waals surface area contributed by atoms with Gasteiger partial charge in [0.2, 0.25) is 0 Å². The lowest BCUT2D eigenvalue weighted by molar-refractivity contribution is -0.135. The summed E-state index contributed by atoms with van der Waals surface area (Å²) in [5, 5.41) is 11.0. The van der Waals surface area contributed by atoms with Crippen LogP contribution < -0.4 is 0 Å². The maximum Gasteiger partial charge on any atom is 0.255 e. The Labute approximate surface area is 133 Å². The molecule has 7 heteroatoms. The van der Waals surface area contributed by atoms with Gasteiger partial charge in [-0.1, -0.05) is 23.2 Å². The standard InChI is InChI=1S/C14H17Cl2NO4/c1-17(11-6-21-7-12(20-2)13(11)18)14(19)9-4-3-8(15)5-10(9)16/h3-5,11-13,18H,6-7H2,1-2H3/t11-,12-,13+/m1/s1. The average Bonchev–Trinajstić information content (AvgIpc) is 2.46. The van der Waals surface area contributed by atoms with Crippen molar-refractivity contribution in [3.05, 3.63) is 33.8 Å². The van der Waals surface area contributed by atoms with Crippen LogP contribution in [0.5, 0.6) is 0 Å². The van der Waals surface area contributed by atoms with Gasteiger partial charge in [0.05, 0.1) is 29.8 Å². The molecule has 1 fully saturated rings. The molecule has 1 amide bonds. The van der Waals surface area contributed by atoms with E-state index in [9.17, 15) is 9.90 Å². The van der Waals surface area contributed by atoms with E-state index in [4.69, 9.17) is 32.7 Å². The van der Waals surface area contributed by atoms with E-state index < -0.39 is 18.2 Å². The third-order valence-electron chi connectivity index (χ3n) is 3.63. The van der Waals surface area contributed by atoms with Crippen LogP contribution in [-0.4, -0.2) is 61.5 Å². The topological polar surface area (TPSA) is 59.0 Å². The van der Waals surface area contributed by atoms with Gasteiger partial charge in [0.15, 0.2) is 0 Å². The Morgan fingerprint density at radius 3 is 2.76 bits per heavy atom. The number of likely N-dealkylation sites (N-methyl/N-ethyl adjacent to an activating group) is 1. The molecule has 3 atom stereocenters. The highest BCUT2D eigenvalue weighted by Crippen LogP contribution is 2.24. The summed E-state index contributed by atoms with van der Waals surface area (Å²) >= 11 is 11.9. The number of aliphatic hydroxyl groups is 1. The lowest BCUT2D eigenvalue weighted by atomic mass is 10.0. The summed E-state index contributed by atoms with van der Waals surface area (Å²) in [7, 11) is 3.10. The zero-order chi connectivity index (χ0) is 15.6. The van der Waals surface area contributed by atoms with E-state index >= 15 is 0 Å². The smallest absolute Gasteiger partial charge is 0.255 e. The second-order valence-electron chi connectivity index (χ2n) is 4.91. The summed E-state index contributed by atoms with van der Waals surface area (Å²) in [6, 6.07) is 4.17. The van der Waals surface area contributed by atoms with Crippen molar-refractivity contribution in [2.75, 3.05) is 27.4 Å². The predicted molar refractivity (Wildman–Crippen MR) is 80.0 cm³/mol. The number of ether oxygens (including phenoxy) is 2. The molecular formula is C14H17Cl2NO4. The Hall–Kier alpha value is -0.850. The minimum absolute atomic E-state index is 0.245. The van der Waals surface area contributed by atoms with Crippen molar-refractivity contribution in [2.45, 2.75) is 18.2 Å². The van der Waals surface area contributed by atoms with Gasteiger partial charge in [-0.25, -0.2) is 0 Å². The largest absolute Gasteiger partial charge is 0.388 e. The molecule has 0 aliphatic carbocycles. The highest BCUT2D eigenvalue weighted by atomic mass is 35.5. The van der Waals surface area contributed by atoms with Crippen molar-refractivity contribution in [1.82, 2.24) is 4.90 Å². The van der Waals surface area contributed by atoms with Gasteiger partial charge in [0, 0.05) is 19.2 Å². The SMILES string of the molecule is CO[C@@H]1COC[C@@H](N(C)C(=O)c2ccc(Cl)cc2Cl)[C@@H]1O. The number of carbonyl (C=O) groups is 1. The zero-order valence-electron chi connectivity index (χ0n) is 11.8. The molecule has 5 nitrogen and oxygen atoms in total. The normalized spacial score (nSPS) is 25.7. The van der Waals surface area contributed by atoms with Crippen LogP contribution in [0.25, 0.3) is 0 Å². The number of rotatable bonds is 3. The van der Waals surface area contributed by atoms with E-state index in [1.807, 2.05) is 0 Å². The van der Waals surface area contributed by atoms with Gasteiger partial charge in [-0.05, 0) is 18.2 Å². The summed E-state index contributed by atoms with van der Waals surface area (Å²) in [6.07, 6.45) is -1.27. The van der Waals surface area contributed by atoms with Crippen molar-refractivity contribution in [2.24, 2.45) is 0 Å². The van der Waals surface area contributed by atoms with Gasteiger partial charge < -0.3 is 19.5 Å². The first-order chi connectivity index (χ1) is 9.95. The summed E-state index contributed by atoms with van der Waals surface area (Å²) in [6.45, 7) is 0.548. The van der Waals surface area contributed by atoms with E-state index in [1.54, 1.807) is 19.2 Å². The minimum Gasteiger partial charge on any atom is -0.388 e.